The fourth-order valence-electron chi connectivity index (χ4n) is 2.99. The van der Waals surface area contributed by atoms with Crippen LogP contribution in [0.25, 0.3) is 10.9 Å². The lowest BCUT2D eigenvalue weighted by atomic mass is 10.2. The molecule has 0 bridgehead atoms. The van der Waals surface area contributed by atoms with E-state index in [1.165, 1.54) is 0 Å². The van der Waals surface area contributed by atoms with Gasteiger partial charge in [-0.05, 0) is 31.3 Å². The number of hydrazine groups is 1. The van der Waals surface area contributed by atoms with Crippen molar-refractivity contribution in [3.8, 4) is 0 Å². The van der Waals surface area contributed by atoms with E-state index in [-0.39, 0.29) is 18.3 Å². The van der Waals surface area contributed by atoms with E-state index in [1.54, 1.807) is 6.07 Å². The van der Waals surface area contributed by atoms with E-state index < -0.39 is 0 Å². The number of likely N-dealkylation sites (N-methyl/N-ethyl adjacent to an activating group) is 1. The number of aromatic nitrogens is 1. The Hall–Kier alpha value is -1.96. The van der Waals surface area contributed by atoms with Crippen molar-refractivity contribution in [1.29, 1.82) is 0 Å². The quantitative estimate of drug-likeness (QED) is 0.398. The summed E-state index contributed by atoms with van der Waals surface area (Å²) in [4.78, 5) is 19.7. The van der Waals surface area contributed by atoms with Crippen molar-refractivity contribution in [2.45, 2.75) is 0 Å². The number of anilines is 1. The van der Waals surface area contributed by atoms with E-state index in [0.29, 0.717) is 15.7 Å². The van der Waals surface area contributed by atoms with Gasteiger partial charge in [-0.25, -0.2) is 0 Å². The summed E-state index contributed by atoms with van der Waals surface area (Å²) in [5, 5.41) is 2.26. The molecule has 1 saturated heterocycles. The molecular formula is C20H24Cl3N5O. The first-order valence-electron chi connectivity index (χ1n) is 8.96. The Bertz CT molecular complexity index is 954. The van der Waals surface area contributed by atoms with E-state index in [9.17, 15) is 4.79 Å². The number of para-hydroxylation sites is 2. The van der Waals surface area contributed by atoms with E-state index in [0.717, 1.165) is 42.8 Å². The van der Waals surface area contributed by atoms with Crippen LogP contribution in [0.4, 0.5) is 5.69 Å². The fraction of sp³-hybridized carbons (Fsp3) is 0.250. The molecular weight excluding hydrogens is 433 g/mol. The average Bonchev–Trinajstić information content (AvgIpc) is 3.15. The van der Waals surface area contributed by atoms with Crippen molar-refractivity contribution in [3.63, 3.8) is 0 Å². The first-order valence-corrected chi connectivity index (χ1v) is 9.71. The number of benzene rings is 2. The van der Waals surface area contributed by atoms with Gasteiger partial charge >= 0.3 is 0 Å². The van der Waals surface area contributed by atoms with Crippen LogP contribution in [0.2, 0.25) is 10.0 Å². The van der Waals surface area contributed by atoms with Gasteiger partial charge in [-0.2, -0.15) is 0 Å². The number of piperazine rings is 1. The molecule has 0 spiro atoms. The number of carbonyl (C=O) groups is 1. The first kappa shape index (κ1) is 23.3. The zero-order valence-corrected chi connectivity index (χ0v) is 18.3. The molecule has 1 fully saturated rings. The SMILES string of the molecule is CN1CCN(C(=O)c2cc3cccc(Cl)c3[nH]2)CC1.Cl.NNc1ccccc1Cl. The number of carbonyl (C=O) groups excluding carboxylic acids is 1. The summed E-state index contributed by atoms with van der Waals surface area (Å²) < 4.78 is 0. The van der Waals surface area contributed by atoms with Gasteiger partial charge < -0.3 is 20.2 Å². The molecule has 2 aromatic carbocycles. The van der Waals surface area contributed by atoms with Gasteiger partial charge in [0.15, 0.2) is 0 Å². The van der Waals surface area contributed by atoms with Gasteiger partial charge in [0.1, 0.15) is 5.69 Å². The molecule has 1 aliphatic rings. The molecule has 156 valence electrons. The van der Waals surface area contributed by atoms with Crippen molar-refractivity contribution >= 4 is 58.1 Å². The van der Waals surface area contributed by atoms with E-state index >= 15 is 0 Å². The lowest BCUT2D eigenvalue weighted by molar-refractivity contribution is 0.0659. The van der Waals surface area contributed by atoms with E-state index in [2.05, 4.69) is 22.4 Å². The molecule has 0 unspecified atom stereocenters. The maximum absolute atomic E-state index is 12.4. The summed E-state index contributed by atoms with van der Waals surface area (Å²) in [7, 11) is 2.07. The lowest BCUT2D eigenvalue weighted by Crippen LogP contribution is -2.47. The minimum atomic E-state index is 0. The summed E-state index contributed by atoms with van der Waals surface area (Å²) in [6.45, 7) is 3.40. The van der Waals surface area contributed by atoms with Crippen molar-refractivity contribution in [2.75, 3.05) is 38.7 Å². The third-order valence-corrected chi connectivity index (χ3v) is 5.30. The average molecular weight is 457 g/mol. The Morgan fingerprint density at radius 3 is 2.28 bits per heavy atom. The molecule has 0 aliphatic carbocycles. The normalized spacial score (nSPS) is 14.0. The van der Waals surface area contributed by atoms with Crippen LogP contribution in [-0.2, 0) is 0 Å². The molecule has 4 N–H and O–H groups in total. The maximum Gasteiger partial charge on any atom is 0.270 e. The minimum absolute atomic E-state index is 0. The second-order valence-electron chi connectivity index (χ2n) is 6.61. The third kappa shape index (κ3) is 5.78. The molecule has 1 amide bonds. The number of H-pyrrole nitrogens is 1. The molecule has 2 heterocycles. The number of amides is 1. The van der Waals surface area contributed by atoms with Crippen LogP contribution in [0.3, 0.4) is 0 Å². The van der Waals surface area contributed by atoms with Crippen molar-refractivity contribution in [3.05, 3.63) is 64.3 Å². The number of halogens is 3. The zero-order chi connectivity index (χ0) is 20.1. The topological polar surface area (TPSA) is 77.4 Å². The highest BCUT2D eigenvalue weighted by molar-refractivity contribution is 6.35. The van der Waals surface area contributed by atoms with Crippen LogP contribution in [0.1, 0.15) is 10.5 Å². The van der Waals surface area contributed by atoms with Crippen molar-refractivity contribution in [1.82, 2.24) is 14.8 Å². The fourth-order valence-corrected chi connectivity index (χ4v) is 3.41. The number of nitrogens with two attached hydrogens (primary N) is 1. The molecule has 29 heavy (non-hydrogen) atoms. The van der Waals surface area contributed by atoms with Crippen molar-refractivity contribution in [2.24, 2.45) is 5.84 Å². The van der Waals surface area contributed by atoms with Crippen molar-refractivity contribution < 1.29 is 4.79 Å². The highest BCUT2D eigenvalue weighted by Crippen LogP contribution is 2.24. The van der Waals surface area contributed by atoms with Gasteiger partial charge in [0.25, 0.3) is 5.91 Å². The smallest absolute Gasteiger partial charge is 0.270 e. The van der Waals surface area contributed by atoms with E-state index in [4.69, 9.17) is 29.0 Å². The van der Waals surface area contributed by atoms with Crippen LogP contribution in [0.5, 0.6) is 0 Å². The second-order valence-corrected chi connectivity index (χ2v) is 7.42. The van der Waals surface area contributed by atoms with Crippen LogP contribution < -0.4 is 11.3 Å². The largest absolute Gasteiger partial charge is 0.349 e. The van der Waals surface area contributed by atoms with Gasteiger partial charge in [-0.15, -0.1) is 12.4 Å². The minimum Gasteiger partial charge on any atom is -0.349 e. The standard InChI is InChI=1S/C14H16ClN3O.C6H7ClN2.ClH/c1-17-5-7-18(8-6-17)14(19)12-9-10-3-2-4-11(15)13(10)16-12;7-5-3-1-2-4-6(5)9-8;/h2-4,9,16H,5-8H2,1H3;1-4,9H,8H2;1H. The zero-order valence-electron chi connectivity index (χ0n) is 16.0. The highest BCUT2D eigenvalue weighted by atomic mass is 35.5. The predicted octanol–water partition coefficient (Wildman–Crippen LogP) is 4.26. The molecule has 0 saturated carbocycles. The Kier molecular flexibility index (Phi) is 8.61. The molecule has 9 heteroatoms. The van der Waals surface area contributed by atoms with Gasteiger partial charge in [0, 0.05) is 31.6 Å². The van der Waals surface area contributed by atoms with Crippen LogP contribution in [0.15, 0.2) is 48.5 Å². The number of nitrogens with zero attached hydrogens (tertiary/aromatic N) is 2. The third-order valence-electron chi connectivity index (χ3n) is 4.66. The molecule has 6 nitrogen and oxygen atoms in total. The molecule has 1 aromatic heterocycles. The second kappa shape index (κ2) is 10.7. The number of hydrogen-bond acceptors (Lipinski definition) is 4. The number of fused-ring (bicyclic) bond motifs is 1. The van der Waals surface area contributed by atoms with E-state index in [1.807, 2.05) is 47.4 Å². The van der Waals surface area contributed by atoms with Gasteiger partial charge in [-0.3, -0.25) is 10.6 Å². The maximum atomic E-state index is 12.4. The summed E-state index contributed by atoms with van der Waals surface area (Å²) >= 11 is 11.8. The monoisotopic (exact) mass is 455 g/mol. The van der Waals surface area contributed by atoms with Crippen LogP contribution in [-0.4, -0.2) is 53.9 Å². The Balaban J connectivity index is 0.000000255. The molecule has 0 radical (unpaired) electrons. The summed E-state index contributed by atoms with van der Waals surface area (Å²) in [5.41, 5.74) is 4.67. The molecule has 0 atom stereocenters. The van der Waals surface area contributed by atoms with Gasteiger partial charge in [0.05, 0.1) is 21.2 Å². The Morgan fingerprint density at radius 1 is 1.03 bits per heavy atom. The molecule has 1 aliphatic heterocycles. The molecule has 3 aromatic rings. The summed E-state index contributed by atoms with van der Waals surface area (Å²) in [5.74, 6) is 5.17. The lowest BCUT2D eigenvalue weighted by Gasteiger charge is -2.32. The Morgan fingerprint density at radius 2 is 1.69 bits per heavy atom. The summed E-state index contributed by atoms with van der Waals surface area (Å²) in [6, 6.07) is 14.8. The Labute approximate surface area is 186 Å². The number of rotatable bonds is 2. The number of hydrogen-bond donors (Lipinski definition) is 3. The number of nitrogens with one attached hydrogen (secondary N) is 2. The van der Waals surface area contributed by atoms with Crippen LogP contribution >= 0.6 is 35.6 Å². The first-order chi connectivity index (χ1) is 13.5. The molecule has 4 rings (SSSR count). The highest BCUT2D eigenvalue weighted by Gasteiger charge is 2.21. The summed E-state index contributed by atoms with van der Waals surface area (Å²) in [6.07, 6.45) is 0. The van der Waals surface area contributed by atoms with Gasteiger partial charge in [-0.1, -0.05) is 47.5 Å². The predicted molar refractivity (Wildman–Crippen MR) is 123 cm³/mol. The van der Waals surface area contributed by atoms with Gasteiger partial charge in [0.2, 0.25) is 0 Å². The van der Waals surface area contributed by atoms with Crippen LogP contribution in [0, 0.1) is 0 Å². The number of aromatic amines is 1. The number of nitrogen functional groups attached to an aromatic ring is 1.